The van der Waals surface area contributed by atoms with E-state index in [4.69, 9.17) is 0 Å². The Balaban J connectivity index is 1.64. The van der Waals surface area contributed by atoms with Crippen molar-refractivity contribution in [2.75, 3.05) is 13.1 Å². The van der Waals surface area contributed by atoms with E-state index in [0.29, 0.717) is 5.41 Å². The zero-order valence-electron chi connectivity index (χ0n) is 10.5. The molecular formula is C14H18BrNOS. The molecule has 2 fully saturated rings. The number of amides is 1. The lowest BCUT2D eigenvalue weighted by atomic mass is 9.77. The predicted octanol–water partition coefficient (Wildman–Crippen LogP) is 4.31. The van der Waals surface area contributed by atoms with Crippen molar-refractivity contribution in [1.82, 2.24) is 4.90 Å². The van der Waals surface area contributed by atoms with Gasteiger partial charge in [-0.1, -0.05) is 12.8 Å². The predicted molar refractivity (Wildman–Crippen MR) is 78.1 cm³/mol. The van der Waals surface area contributed by atoms with E-state index in [9.17, 15) is 4.79 Å². The van der Waals surface area contributed by atoms with E-state index in [-0.39, 0.29) is 5.91 Å². The van der Waals surface area contributed by atoms with E-state index < -0.39 is 0 Å². The third-order valence-electron chi connectivity index (χ3n) is 4.56. The number of hydrogen-bond donors (Lipinski definition) is 0. The van der Waals surface area contributed by atoms with Gasteiger partial charge in [-0.3, -0.25) is 4.79 Å². The topological polar surface area (TPSA) is 20.3 Å². The van der Waals surface area contributed by atoms with Crippen LogP contribution in [-0.2, 0) is 0 Å². The van der Waals surface area contributed by atoms with Crippen LogP contribution in [0.1, 0.15) is 48.2 Å². The first-order valence-electron chi connectivity index (χ1n) is 6.73. The van der Waals surface area contributed by atoms with Crippen LogP contribution in [0.3, 0.4) is 0 Å². The van der Waals surface area contributed by atoms with Crippen LogP contribution in [0.4, 0.5) is 0 Å². The molecule has 1 aromatic rings. The second-order valence-corrected chi connectivity index (χ2v) is 8.07. The van der Waals surface area contributed by atoms with Crippen LogP contribution >= 0.6 is 27.3 Å². The van der Waals surface area contributed by atoms with Crippen LogP contribution in [-0.4, -0.2) is 23.9 Å². The molecule has 0 radical (unpaired) electrons. The van der Waals surface area contributed by atoms with Gasteiger partial charge in [0.2, 0.25) is 0 Å². The molecule has 1 amide bonds. The molecule has 1 aliphatic carbocycles. The summed E-state index contributed by atoms with van der Waals surface area (Å²) in [5, 5.41) is 0. The van der Waals surface area contributed by atoms with Gasteiger partial charge in [0.15, 0.2) is 0 Å². The highest BCUT2D eigenvalue weighted by Crippen LogP contribution is 2.46. The number of carbonyl (C=O) groups is 1. The number of likely N-dealkylation sites (tertiary alicyclic amines) is 1. The van der Waals surface area contributed by atoms with Crippen LogP contribution < -0.4 is 0 Å². The Morgan fingerprint density at radius 3 is 2.39 bits per heavy atom. The second-order valence-electron chi connectivity index (χ2n) is 5.60. The average Bonchev–Trinajstić information content (AvgIpc) is 3.00. The van der Waals surface area contributed by atoms with E-state index >= 15 is 0 Å². The van der Waals surface area contributed by atoms with Crippen LogP contribution in [0.5, 0.6) is 0 Å². The van der Waals surface area contributed by atoms with Gasteiger partial charge in [0, 0.05) is 13.1 Å². The van der Waals surface area contributed by atoms with Crippen molar-refractivity contribution in [2.24, 2.45) is 5.41 Å². The number of thiophene rings is 1. The van der Waals surface area contributed by atoms with Crippen molar-refractivity contribution in [1.29, 1.82) is 0 Å². The van der Waals surface area contributed by atoms with Gasteiger partial charge in [-0.05, 0) is 59.2 Å². The summed E-state index contributed by atoms with van der Waals surface area (Å²) in [5.41, 5.74) is 0.590. The molecule has 0 atom stereocenters. The molecule has 1 aromatic heterocycles. The van der Waals surface area contributed by atoms with Crippen molar-refractivity contribution >= 4 is 33.2 Å². The SMILES string of the molecule is O=C(c1ccc(Br)s1)N1CCC2(CCCC2)CC1. The molecule has 1 saturated heterocycles. The quantitative estimate of drug-likeness (QED) is 0.752. The Bertz CT molecular complexity index is 440. The van der Waals surface area contributed by atoms with Gasteiger partial charge in [-0.15, -0.1) is 11.3 Å². The fraction of sp³-hybridized carbons (Fsp3) is 0.643. The third-order valence-corrected chi connectivity index (χ3v) is 6.17. The first-order chi connectivity index (χ1) is 8.69. The summed E-state index contributed by atoms with van der Waals surface area (Å²) in [7, 11) is 0. The molecule has 0 N–H and O–H groups in total. The van der Waals surface area contributed by atoms with E-state index in [1.165, 1.54) is 49.9 Å². The molecule has 4 heteroatoms. The number of halogens is 1. The number of carbonyl (C=O) groups excluding carboxylic acids is 1. The number of rotatable bonds is 1. The maximum Gasteiger partial charge on any atom is 0.263 e. The smallest absolute Gasteiger partial charge is 0.263 e. The maximum atomic E-state index is 12.3. The lowest BCUT2D eigenvalue weighted by molar-refractivity contribution is 0.0592. The molecule has 2 nitrogen and oxygen atoms in total. The van der Waals surface area contributed by atoms with Crippen molar-refractivity contribution in [2.45, 2.75) is 38.5 Å². The molecule has 0 aromatic carbocycles. The Labute approximate surface area is 120 Å². The third kappa shape index (κ3) is 2.37. The molecule has 1 saturated carbocycles. The van der Waals surface area contributed by atoms with Gasteiger partial charge in [0.05, 0.1) is 8.66 Å². The van der Waals surface area contributed by atoms with Crippen molar-refractivity contribution < 1.29 is 4.79 Å². The summed E-state index contributed by atoms with van der Waals surface area (Å²) in [5.74, 6) is 0.221. The molecule has 2 heterocycles. The lowest BCUT2D eigenvalue weighted by Gasteiger charge is -2.39. The normalized spacial score (nSPS) is 22.6. The fourth-order valence-electron chi connectivity index (χ4n) is 3.39. The van der Waals surface area contributed by atoms with Crippen LogP contribution in [0.2, 0.25) is 0 Å². The molecule has 3 rings (SSSR count). The van der Waals surface area contributed by atoms with Gasteiger partial charge in [0.1, 0.15) is 0 Å². The molecule has 1 aliphatic heterocycles. The minimum Gasteiger partial charge on any atom is -0.338 e. The van der Waals surface area contributed by atoms with E-state index in [1.54, 1.807) is 0 Å². The lowest BCUT2D eigenvalue weighted by Crippen LogP contribution is -2.42. The highest BCUT2D eigenvalue weighted by Gasteiger charge is 2.38. The van der Waals surface area contributed by atoms with Gasteiger partial charge in [-0.25, -0.2) is 0 Å². The Hall–Kier alpha value is -0.350. The van der Waals surface area contributed by atoms with E-state index in [0.717, 1.165) is 21.8 Å². The molecule has 0 unspecified atom stereocenters. The average molecular weight is 328 g/mol. The Morgan fingerprint density at radius 1 is 1.17 bits per heavy atom. The zero-order chi connectivity index (χ0) is 12.6. The van der Waals surface area contributed by atoms with Crippen LogP contribution in [0, 0.1) is 5.41 Å². The minimum absolute atomic E-state index is 0.221. The molecule has 0 bridgehead atoms. The van der Waals surface area contributed by atoms with Gasteiger partial charge < -0.3 is 4.90 Å². The summed E-state index contributed by atoms with van der Waals surface area (Å²) < 4.78 is 1.04. The summed E-state index contributed by atoms with van der Waals surface area (Å²) in [4.78, 5) is 15.2. The number of nitrogens with zero attached hydrogens (tertiary/aromatic N) is 1. The summed E-state index contributed by atoms with van der Waals surface area (Å²) >= 11 is 4.96. The number of piperidine rings is 1. The first kappa shape index (κ1) is 12.7. The minimum atomic E-state index is 0.221. The molecule has 1 spiro atoms. The van der Waals surface area contributed by atoms with E-state index in [1.807, 2.05) is 17.0 Å². The summed E-state index contributed by atoms with van der Waals surface area (Å²) in [6.45, 7) is 1.91. The van der Waals surface area contributed by atoms with Crippen molar-refractivity contribution in [3.63, 3.8) is 0 Å². The van der Waals surface area contributed by atoms with Crippen molar-refractivity contribution in [3.8, 4) is 0 Å². The largest absolute Gasteiger partial charge is 0.338 e. The highest BCUT2D eigenvalue weighted by atomic mass is 79.9. The maximum absolute atomic E-state index is 12.3. The molecule has 2 aliphatic rings. The first-order valence-corrected chi connectivity index (χ1v) is 8.34. The van der Waals surface area contributed by atoms with Crippen LogP contribution in [0.25, 0.3) is 0 Å². The second kappa shape index (κ2) is 4.97. The monoisotopic (exact) mass is 327 g/mol. The fourth-order valence-corrected chi connectivity index (χ4v) is 4.75. The summed E-state index contributed by atoms with van der Waals surface area (Å²) in [6, 6.07) is 3.89. The Morgan fingerprint density at radius 2 is 1.83 bits per heavy atom. The zero-order valence-corrected chi connectivity index (χ0v) is 12.9. The molecular weight excluding hydrogens is 310 g/mol. The van der Waals surface area contributed by atoms with Crippen molar-refractivity contribution in [3.05, 3.63) is 20.8 Å². The van der Waals surface area contributed by atoms with E-state index in [2.05, 4.69) is 15.9 Å². The van der Waals surface area contributed by atoms with Crippen LogP contribution in [0.15, 0.2) is 15.9 Å². The molecule has 98 valence electrons. The Kier molecular flexibility index (Phi) is 3.50. The molecule has 18 heavy (non-hydrogen) atoms. The van der Waals surface area contributed by atoms with Gasteiger partial charge in [-0.2, -0.15) is 0 Å². The number of hydrogen-bond acceptors (Lipinski definition) is 2. The standard InChI is InChI=1S/C14H18BrNOS/c15-12-4-3-11(18-12)13(17)16-9-7-14(8-10-16)5-1-2-6-14/h3-4H,1-2,5-10H2. The highest BCUT2D eigenvalue weighted by molar-refractivity contribution is 9.11. The summed E-state index contributed by atoms with van der Waals surface area (Å²) in [6.07, 6.45) is 7.99. The van der Waals surface area contributed by atoms with Gasteiger partial charge >= 0.3 is 0 Å². The van der Waals surface area contributed by atoms with Gasteiger partial charge in [0.25, 0.3) is 5.91 Å².